The van der Waals surface area contributed by atoms with Gasteiger partial charge in [-0.15, -0.1) is 0 Å². The number of phenolic OH excluding ortho intramolecular Hbond substituents is 1. The third-order valence-electron chi connectivity index (χ3n) is 4.95. The molecule has 0 atom stereocenters. The predicted octanol–water partition coefficient (Wildman–Crippen LogP) is 2.48. The number of hydrogen-bond acceptors (Lipinski definition) is 6. The molecule has 0 spiro atoms. The summed E-state index contributed by atoms with van der Waals surface area (Å²) in [5, 5.41) is 13.7. The van der Waals surface area contributed by atoms with Crippen molar-refractivity contribution < 1.29 is 27.4 Å². The van der Waals surface area contributed by atoms with E-state index in [0.717, 1.165) is 12.1 Å². The maximum atomic E-state index is 13.1. The van der Waals surface area contributed by atoms with Gasteiger partial charge < -0.3 is 9.84 Å². The minimum Gasteiger partial charge on any atom is -0.504 e. The van der Waals surface area contributed by atoms with Gasteiger partial charge in [0.2, 0.25) is 15.9 Å². The van der Waals surface area contributed by atoms with E-state index < -0.39 is 15.8 Å². The lowest BCUT2D eigenvalue weighted by Gasteiger charge is -2.30. The molecule has 0 aromatic heterocycles. The maximum absolute atomic E-state index is 13.1. The Morgan fingerprint density at radius 1 is 1.26 bits per heavy atom. The highest BCUT2D eigenvalue weighted by Crippen LogP contribution is 2.26. The number of amides is 1. The molecule has 2 aromatic rings. The van der Waals surface area contributed by atoms with Crippen molar-refractivity contribution in [3.8, 4) is 11.5 Å². The first-order valence-electron chi connectivity index (χ1n) is 9.85. The molecule has 1 heterocycles. The summed E-state index contributed by atoms with van der Waals surface area (Å²) in [5.74, 6) is -0.816. The van der Waals surface area contributed by atoms with E-state index in [4.69, 9.17) is 4.74 Å². The van der Waals surface area contributed by atoms with Crippen molar-refractivity contribution in [1.29, 1.82) is 0 Å². The number of benzene rings is 2. The summed E-state index contributed by atoms with van der Waals surface area (Å²) in [7, 11) is -3.72. The maximum Gasteiger partial charge on any atom is 0.243 e. The average molecular weight is 450 g/mol. The molecule has 1 fully saturated rings. The fraction of sp³-hybridized carbons (Fsp3) is 0.333. The van der Waals surface area contributed by atoms with E-state index in [1.807, 2.05) is 0 Å². The van der Waals surface area contributed by atoms with Crippen molar-refractivity contribution in [2.24, 2.45) is 11.0 Å². The number of carbonyl (C=O) groups excluding carboxylic acids is 1. The van der Waals surface area contributed by atoms with Gasteiger partial charge in [0.15, 0.2) is 11.5 Å². The van der Waals surface area contributed by atoms with Crippen LogP contribution in [0.3, 0.4) is 0 Å². The van der Waals surface area contributed by atoms with Crippen LogP contribution in [0.5, 0.6) is 11.5 Å². The summed E-state index contributed by atoms with van der Waals surface area (Å²) >= 11 is 0. The van der Waals surface area contributed by atoms with E-state index in [1.165, 1.54) is 28.7 Å². The Bertz CT molecular complexity index is 1050. The van der Waals surface area contributed by atoms with Gasteiger partial charge in [-0.25, -0.2) is 18.2 Å². The first-order chi connectivity index (χ1) is 14.8. The number of hydrazone groups is 1. The van der Waals surface area contributed by atoms with Gasteiger partial charge in [0.1, 0.15) is 5.82 Å². The minimum atomic E-state index is -3.72. The van der Waals surface area contributed by atoms with Gasteiger partial charge in [-0.05, 0) is 67.8 Å². The SMILES string of the molecule is CCOc1cc(/C=N\NC(=O)C2CCN(S(=O)(=O)c3ccc(F)cc3)CC2)ccc1O. The number of ether oxygens (including phenoxy) is 1. The number of phenols is 1. The number of sulfonamides is 1. The van der Waals surface area contributed by atoms with E-state index >= 15 is 0 Å². The van der Waals surface area contributed by atoms with E-state index in [2.05, 4.69) is 10.5 Å². The van der Waals surface area contributed by atoms with Crippen LogP contribution in [0.2, 0.25) is 0 Å². The van der Waals surface area contributed by atoms with E-state index in [-0.39, 0.29) is 35.6 Å². The monoisotopic (exact) mass is 449 g/mol. The van der Waals surface area contributed by atoms with Crippen LogP contribution in [0.4, 0.5) is 4.39 Å². The first kappa shape index (κ1) is 22.7. The Hall–Kier alpha value is -2.98. The largest absolute Gasteiger partial charge is 0.504 e. The van der Waals surface area contributed by atoms with Gasteiger partial charge >= 0.3 is 0 Å². The number of nitrogens with one attached hydrogen (secondary N) is 1. The number of aromatic hydroxyl groups is 1. The Balaban J connectivity index is 1.54. The molecule has 1 amide bonds. The Kier molecular flexibility index (Phi) is 7.24. The highest BCUT2D eigenvalue weighted by Gasteiger charge is 2.32. The number of piperidine rings is 1. The van der Waals surface area contributed by atoms with Crippen molar-refractivity contribution in [2.45, 2.75) is 24.7 Å². The zero-order chi connectivity index (χ0) is 22.4. The standard InChI is InChI=1S/C21H24FN3O5S/c1-2-30-20-13-15(3-8-19(20)26)14-23-24-21(27)16-9-11-25(12-10-16)31(28,29)18-6-4-17(22)5-7-18/h3-8,13-14,16,26H,2,9-12H2,1H3,(H,24,27)/b23-14-. The first-order valence-corrected chi connectivity index (χ1v) is 11.3. The molecule has 0 bridgehead atoms. The zero-order valence-corrected chi connectivity index (χ0v) is 17.8. The van der Waals surface area contributed by atoms with Gasteiger partial charge in [-0.2, -0.15) is 9.41 Å². The quantitative estimate of drug-likeness (QED) is 0.499. The Morgan fingerprint density at radius 3 is 2.58 bits per heavy atom. The highest BCUT2D eigenvalue weighted by molar-refractivity contribution is 7.89. The van der Waals surface area contributed by atoms with Crippen molar-refractivity contribution in [3.05, 3.63) is 53.8 Å². The molecule has 1 aliphatic heterocycles. The van der Waals surface area contributed by atoms with Crippen LogP contribution >= 0.6 is 0 Å². The van der Waals surface area contributed by atoms with Crippen molar-refractivity contribution in [3.63, 3.8) is 0 Å². The van der Waals surface area contributed by atoms with Crippen LogP contribution in [0.15, 0.2) is 52.5 Å². The summed E-state index contributed by atoms with van der Waals surface area (Å²) in [6.45, 7) is 2.59. The fourth-order valence-electron chi connectivity index (χ4n) is 3.26. The highest BCUT2D eigenvalue weighted by atomic mass is 32.2. The van der Waals surface area contributed by atoms with Crippen LogP contribution in [0.1, 0.15) is 25.3 Å². The third kappa shape index (κ3) is 5.59. The molecule has 31 heavy (non-hydrogen) atoms. The number of hydrogen-bond donors (Lipinski definition) is 2. The summed E-state index contributed by atoms with van der Waals surface area (Å²) in [6, 6.07) is 9.40. The van der Waals surface area contributed by atoms with Crippen molar-refractivity contribution >= 4 is 22.1 Å². The average Bonchev–Trinajstić information content (AvgIpc) is 2.76. The van der Waals surface area contributed by atoms with E-state index in [9.17, 15) is 22.7 Å². The molecular weight excluding hydrogens is 425 g/mol. The number of carbonyl (C=O) groups is 1. The van der Waals surface area contributed by atoms with Gasteiger partial charge in [-0.1, -0.05) is 0 Å². The summed E-state index contributed by atoms with van der Waals surface area (Å²) in [6.07, 6.45) is 2.15. The van der Waals surface area contributed by atoms with Crippen LogP contribution in [-0.4, -0.2) is 49.6 Å². The molecule has 2 aromatic carbocycles. The molecule has 2 N–H and O–H groups in total. The summed E-state index contributed by atoms with van der Waals surface area (Å²) in [5.41, 5.74) is 3.12. The van der Waals surface area contributed by atoms with Crippen molar-refractivity contribution in [2.75, 3.05) is 19.7 Å². The predicted molar refractivity (Wildman–Crippen MR) is 113 cm³/mol. The normalized spacial score (nSPS) is 15.8. The van der Waals surface area contributed by atoms with Gasteiger partial charge in [0, 0.05) is 19.0 Å². The van der Waals surface area contributed by atoms with Gasteiger partial charge in [0.25, 0.3) is 0 Å². The fourth-order valence-corrected chi connectivity index (χ4v) is 4.73. The second kappa shape index (κ2) is 9.88. The zero-order valence-electron chi connectivity index (χ0n) is 17.0. The molecule has 0 unspecified atom stereocenters. The molecule has 1 aliphatic rings. The molecule has 8 nitrogen and oxygen atoms in total. The second-order valence-electron chi connectivity index (χ2n) is 7.03. The summed E-state index contributed by atoms with van der Waals surface area (Å²) < 4.78 is 45.0. The smallest absolute Gasteiger partial charge is 0.243 e. The lowest BCUT2D eigenvalue weighted by molar-refractivity contribution is -0.126. The molecular formula is C21H24FN3O5S. The molecule has 1 saturated heterocycles. The van der Waals surface area contributed by atoms with Crippen LogP contribution in [-0.2, 0) is 14.8 Å². The Morgan fingerprint density at radius 2 is 1.94 bits per heavy atom. The number of rotatable bonds is 7. The third-order valence-corrected chi connectivity index (χ3v) is 6.86. The summed E-state index contributed by atoms with van der Waals surface area (Å²) in [4.78, 5) is 12.4. The molecule has 10 heteroatoms. The second-order valence-corrected chi connectivity index (χ2v) is 8.96. The van der Waals surface area contributed by atoms with E-state index in [1.54, 1.807) is 19.1 Å². The van der Waals surface area contributed by atoms with Crippen LogP contribution < -0.4 is 10.2 Å². The number of halogens is 1. The van der Waals surface area contributed by atoms with Crippen LogP contribution in [0, 0.1) is 11.7 Å². The van der Waals surface area contributed by atoms with Gasteiger partial charge in [0.05, 0.1) is 17.7 Å². The molecule has 0 saturated carbocycles. The number of nitrogens with zero attached hydrogens (tertiary/aromatic N) is 2. The van der Waals surface area contributed by atoms with Crippen molar-refractivity contribution in [1.82, 2.24) is 9.73 Å². The molecule has 166 valence electrons. The molecule has 0 radical (unpaired) electrons. The molecule has 0 aliphatic carbocycles. The lowest BCUT2D eigenvalue weighted by Crippen LogP contribution is -2.42. The van der Waals surface area contributed by atoms with Crippen LogP contribution in [0.25, 0.3) is 0 Å². The topological polar surface area (TPSA) is 108 Å². The molecule has 3 rings (SSSR count). The lowest BCUT2D eigenvalue weighted by atomic mass is 9.98. The minimum absolute atomic E-state index is 0.0189. The Labute approximate surface area is 180 Å². The van der Waals surface area contributed by atoms with Gasteiger partial charge in [-0.3, -0.25) is 4.79 Å². The van der Waals surface area contributed by atoms with E-state index in [0.29, 0.717) is 30.8 Å².